The third kappa shape index (κ3) is 8.55. The average molecular weight is 492 g/mol. The zero-order valence-corrected chi connectivity index (χ0v) is 20.7. The summed E-state index contributed by atoms with van der Waals surface area (Å²) in [5.41, 5.74) is -1.75. The highest BCUT2D eigenvalue weighted by molar-refractivity contribution is 5.89. The van der Waals surface area contributed by atoms with E-state index in [1.807, 2.05) is 20.8 Å². The number of carboxylic acids is 2. The van der Waals surface area contributed by atoms with Gasteiger partial charge >= 0.3 is 17.6 Å². The molecule has 0 fully saturated rings. The smallest absolute Gasteiger partial charge is 0.332 e. The maximum atomic E-state index is 12.9. The molecular weight excluding hydrogens is 458 g/mol. The molecule has 2 aromatic rings. The number of hydrogen-bond donors (Lipinski definition) is 3. The minimum atomic E-state index is -1.49. The topological polar surface area (TPSA) is 160 Å². The highest BCUT2D eigenvalue weighted by Gasteiger charge is 2.23. The predicted molar refractivity (Wildman–Crippen MR) is 130 cm³/mol. The van der Waals surface area contributed by atoms with Gasteiger partial charge in [-0.05, 0) is 26.4 Å². The fourth-order valence-electron chi connectivity index (χ4n) is 3.15. The Morgan fingerprint density at radius 2 is 1.71 bits per heavy atom. The second-order valence-corrected chi connectivity index (χ2v) is 7.89. The van der Waals surface area contributed by atoms with Crippen LogP contribution in [0.25, 0.3) is 11.2 Å². The van der Waals surface area contributed by atoms with Crippen LogP contribution in [0.3, 0.4) is 0 Å². The van der Waals surface area contributed by atoms with Gasteiger partial charge in [0, 0.05) is 25.7 Å². The van der Waals surface area contributed by atoms with Crippen molar-refractivity contribution in [1.29, 1.82) is 0 Å². The van der Waals surface area contributed by atoms with Crippen molar-refractivity contribution in [3.63, 3.8) is 0 Å². The largest absolute Gasteiger partial charge is 0.478 e. The van der Waals surface area contributed by atoms with E-state index in [-0.39, 0.29) is 6.54 Å². The van der Waals surface area contributed by atoms with E-state index in [1.54, 1.807) is 17.9 Å². The third-order valence-electron chi connectivity index (χ3n) is 4.96. The normalized spacial score (nSPS) is 12.7. The molecule has 0 aliphatic carbocycles. The zero-order valence-electron chi connectivity index (χ0n) is 20.7. The van der Waals surface area contributed by atoms with Crippen LogP contribution < -0.4 is 11.2 Å². The van der Waals surface area contributed by atoms with E-state index in [9.17, 15) is 24.3 Å². The quantitative estimate of drug-likeness (QED) is 0.327. The summed E-state index contributed by atoms with van der Waals surface area (Å²) in [7, 11) is 1.57. The van der Waals surface area contributed by atoms with Gasteiger partial charge in [-0.3, -0.25) is 18.8 Å². The number of rotatable bonds is 9. The van der Waals surface area contributed by atoms with Crippen LogP contribution in [0.1, 0.15) is 34.1 Å². The minimum absolute atomic E-state index is 0.197. The van der Waals surface area contributed by atoms with E-state index in [0.717, 1.165) is 24.1 Å². The fraction of sp³-hybridized carbons (Fsp3) is 0.522. The first-order valence-electron chi connectivity index (χ1n) is 11.1. The Balaban J connectivity index is 0.000000658. The molecular formula is C23H33N5O7. The summed E-state index contributed by atoms with van der Waals surface area (Å²) in [4.78, 5) is 51.0. The molecule has 0 saturated carbocycles. The van der Waals surface area contributed by atoms with Gasteiger partial charge in [-0.25, -0.2) is 19.4 Å². The van der Waals surface area contributed by atoms with Crippen LogP contribution in [0.5, 0.6) is 0 Å². The standard InChI is InChI=1S/C19H29N5O3.C4H4O4/c1-6-11-23-14-20-16-15(23)17(25)24(18(26)21(16)5)13-19(4,27)10-9-12-22(7-2)8-3;5-3(6)1-2-4(7)8/h14,27H,6-8,11-13H2,1-5H3;1-2H,(H,5,6)(H,7,8)/b;2-1+. The molecule has 0 bridgehead atoms. The van der Waals surface area contributed by atoms with Crippen molar-refractivity contribution in [2.75, 3.05) is 19.6 Å². The number of imidazole rings is 1. The number of carboxylic acid groups (broad SMARTS) is 2. The van der Waals surface area contributed by atoms with Crippen LogP contribution in [0.15, 0.2) is 28.1 Å². The van der Waals surface area contributed by atoms with Crippen molar-refractivity contribution in [3.05, 3.63) is 39.3 Å². The maximum Gasteiger partial charge on any atom is 0.332 e. The molecule has 0 saturated heterocycles. The van der Waals surface area contributed by atoms with Crippen molar-refractivity contribution in [2.24, 2.45) is 7.05 Å². The lowest BCUT2D eigenvalue weighted by Crippen LogP contribution is -2.45. The highest BCUT2D eigenvalue weighted by Crippen LogP contribution is 2.08. The Morgan fingerprint density at radius 1 is 1.14 bits per heavy atom. The van der Waals surface area contributed by atoms with Crippen LogP contribution in [0.2, 0.25) is 0 Å². The molecule has 1 atom stereocenters. The summed E-state index contributed by atoms with van der Waals surface area (Å²) >= 11 is 0. The Morgan fingerprint density at radius 3 is 2.20 bits per heavy atom. The van der Waals surface area contributed by atoms with E-state index in [2.05, 4.69) is 21.7 Å². The second kappa shape index (κ2) is 13.3. The number of aliphatic carboxylic acids is 2. The van der Waals surface area contributed by atoms with E-state index in [4.69, 9.17) is 10.2 Å². The molecule has 0 spiro atoms. The van der Waals surface area contributed by atoms with Crippen molar-refractivity contribution >= 4 is 23.1 Å². The molecule has 0 radical (unpaired) electrons. The molecule has 12 heteroatoms. The number of aryl methyl sites for hydroxylation is 2. The van der Waals surface area contributed by atoms with Gasteiger partial charge in [0.05, 0.1) is 19.4 Å². The average Bonchev–Trinajstić information content (AvgIpc) is 3.21. The van der Waals surface area contributed by atoms with E-state index < -0.39 is 28.8 Å². The Hall–Kier alpha value is -3.69. The fourth-order valence-corrected chi connectivity index (χ4v) is 3.15. The molecule has 1 unspecified atom stereocenters. The van der Waals surface area contributed by atoms with Gasteiger partial charge in [0.2, 0.25) is 0 Å². The molecule has 192 valence electrons. The van der Waals surface area contributed by atoms with E-state index in [0.29, 0.717) is 36.4 Å². The van der Waals surface area contributed by atoms with Crippen LogP contribution >= 0.6 is 0 Å². The number of nitrogens with zero attached hydrogens (tertiary/aromatic N) is 5. The van der Waals surface area contributed by atoms with Gasteiger partial charge in [-0.2, -0.15) is 0 Å². The first-order valence-corrected chi connectivity index (χ1v) is 11.1. The van der Waals surface area contributed by atoms with Crippen molar-refractivity contribution in [1.82, 2.24) is 23.6 Å². The molecule has 2 rings (SSSR count). The lowest BCUT2D eigenvalue weighted by Gasteiger charge is -2.19. The Kier molecular flexibility index (Phi) is 11.1. The molecule has 2 aromatic heterocycles. The summed E-state index contributed by atoms with van der Waals surface area (Å²) in [5, 5.41) is 26.3. The van der Waals surface area contributed by atoms with Gasteiger partial charge in [0.1, 0.15) is 5.60 Å². The number of aliphatic hydroxyl groups is 1. The van der Waals surface area contributed by atoms with Crippen molar-refractivity contribution < 1.29 is 24.9 Å². The Bertz CT molecular complexity index is 1220. The molecule has 0 aliphatic heterocycles. The van der Waals surface area contributed by atoms with Crippen LogP contribution in [-0.4, -0.2) is 76.1 Å². The molecule has 0 amide bonds. The highest BCUT2D eigenvalue weighted by atomic mass is 16.4. The number of aromatic nitrogens is 4. The SMILES string of the molecule is CCCn1cnc2c1c(=O)n(CC(C)(O)C#CCN(CC)CC)c(=O)n2C.O=C(O)/C=C/C(=O)O. The van der Waals surface area contributed by atoms with Gasteiger partial charge in [0.15, 0.2) is 11.2 Å². The zero-order chi connectivity index (χ0) is 26.8. The van der Waals surface area contributed by atoms with Crippen LogP contribution in [0.4, 0.5) is 0 Å². The summed E-state index contributed by atoms with van der Waals surface area (Å²) < 4.78 is 4.12. The van der Waals surface area contributed by atoms with E-state index in [1.165, 1.54) is 11.5 Å². The lowest BCUT2D eigenvalue weighted by molar-refractivity contribution is -0.134. The molecule has 35 heavy (non-hydrogen) atoms. The molecule has 12 nitrogen and oxygen atoms in total. The summed E-state index contributed by atoms with van der Waals surface area (Å²) in [5.74, 6) is 3.23. The summed E-state index contributed by atoms with van der Waals surface area (Å²) in [6, 6.07) is 0. The summed E-state index contributed by atoms with van der Waals surface area (Å²) in [6.07, 6.45) is 3.52. The first kappa shape index (κ1) is 29.3. The molecule has 2 heterocycles. The number of hydrogen-bond acceptors (Lipinski definition) is 7. The number of carbonyl (C=O) groups is 2. The van der Waals surface area contributed by atoms with E-state index >= 15 is 0 Å². The minimum Gasteiger partial charge on any atom is -0.478 e. The molecule has 3 N–H and O–H groups in total. The van der Waals surface area contributed by atoms with Crippen LogP contribution in [0, 0.1) is 11.8 Å². The third-order valence-corrected chi connectivity index (χ3v) is 4.96. The monoisotopic (exact) mass is 491 g/mol. The van der Waals surface area contributed by atoms with Gasteiger partial charge in [-0.15, -0.1) is 0 Å². The second-order valence-electron chi connectivity index (χ2n) is 7.89. The first-order chi connectivity index (χ1) is 16.4. The molecule has 0 aromatic carbocycles. The predicted octanol–water partition coefficient (Wildman–Crippen LogP) is 0.115. The van der Waals surface area contributed by atoms with Gasteiger partial charge in [0.25, 0.3) is 5.56 Å². The van der Waals surface area contributed by atoms with Crippen LogP contribution in [-0.2, 0) is 29.7 Å². The van der Waals surface area contributed by atoms with Gasteiger partial charge in [-0.1, -0.05) is 32.6 Å². The summed E-state index contributed by atoms with van der Waals surface area (Å²) in [6.45, 7) is 10.3. The number of fused-ring (bicyclic) bond motifs is 1. The maximum absolute atomic E-state index is 12.9. The molecule has 0 aliphatic rings. The van der Waals surface area contributed by atoms with Crippen molar-refractivity contribution in [3.8, 4) is 11.8 Å². The lowest BCUT2D eigenvalue weighted by atomic mass is 10.1. The Labute approximate surface area is 202 Å². The van der Waals surface area contributed by atoms with Gasteiger partial charge < -0.3 is 19.9 Å². The van der Waals surface area contributed by atoms with Crippen molar-refractivity contribution in [2.45, 2.75) is 52.8 Å².